The monoisotopic (exact) mass is 439 g/mol. The number of rotatable bonds is 5. The van der Waals surface area contributed by atoms with E-state index in [0.717, 1.165) is 33.3 Å². The number of anilines is 2. The molecule has 4 aromatic rings. The van der Waals surface area contributed by atoms with Crippen molar-refractivity contribution in [2.75, 3.05) is 30.4 Å². The van der Waals surface area contributed by atoms with Gasteiger partial charge in [-0.3, -0.25) is 4.79 Å². The summed E-state index contributed by atoms with van der Waals surface area (Å²) in [6.45, 7) is 3.35. The molecule has 166 valence electrons. The van der Waals surface area contributed by atoms with Crippen molar-refractivity contribution in [3.05, 3.63) is 78.5 Å². The summed E-state index contributed by atoms with van der Waals surface area (Å²) in [6, 6.07) is 21.8. The Balaban J connectivity index is 1.27. The lowest BCUT2D eigenvalue weighted by atomic mass is 9.99. The van der Waals surface area contributed by atoms with Crippen LogP contribution in [0.4, 0.5) is 11.5 Å². The predicted molar refractivity (Wildman–Crippen MR) is 131 cm³/mol. The van der Waals surface area contributed by atoms with E-state index in [1.807, 2.05) is 54.6 Å². The minimum absolute atomic E-state index is 0.00478. The van der Waals surface area contributed by atoms with E-state index in [9.17, 15) is 4.79 Å². The number of hydrogen-bond donors (Lipinski definition) is 1. The van der Waals surface area contributed by atoms with Gasteiger partial charge in [0.05, 0.1) is 25.3 Å². The van der Waals surface area contributed by atoms with E-state index in [2.05, 4.69) is 24.0 Å². The van der Waals surface area contributed by atoms with Crippen molar-refractivity contribution in [1.29, 1.82) is 0 Å². The average molecular weight is 440 g/mol. The van der Waals surface area contributed by atoms with Crippen molar-refractivity contribution in [3.63, 3.8) is 0 Å². The van der Waals surface area contributed by atoms with Gasteiger partial charge < -0.3 is 20.1 Å². The van der Waals surface area contributed by atoms with Crippen molar-refractivity contribution >= 4 is 28.2 Å². The summed E-state index contributed by atoms with van der Waals surface area (Å²) in [6.07, 6.45) is 1.94. The second kappa shape index (κ2) is 8.82. The number of ether oxygens (including phenoxy) is 2. The third-order valence-corrected chi connectivity index (χ3v) is 5.93. The maximum atomic E-state index is 13.0. The molecule has 0 unspecified atom stereocenters. The highest BCUT2D eigenvalue weighted by Gasteiger charge is 2.24. The van der Waals surface area contributed by atoms with E-state index in [0.29, 0.717) is 24.7 Å². The van der Waals surface area contributed by atoms with Crippen LogP contribution in [0.15, 0.2) is 72.9 Å². The normalized spacial score (nSPS) is 12.8. The van der Waals surface area contributed by atoms with Gasteiger partial charge >= 0.3 is 0 Å². The number of amides is 1. The highest BCUT2D eigenvalue weighted by Crippen LogP contribution is 2.36. The Bertz CT molecular complexity index is 1340. The smallest absolute Gasteiger partial charge is 0.230 e. The van der Waals surface area contributed by atoms with E-state index in [-0.39, 0.29) is 18.9 Å². The third-order valence-electron chi connectivity index (χ3n) is 5.93. The molecule has 2 N–H and O–H groups in total. The van der Waals surface area contributed by atoms with E-state index < -0.39 is 0 Å². The Kier molecular flexibility index (Phi) is 5.57. The van der Waals surface area contributed by atoms with Crippen LogP contribution in [0.1, 0.15) is 12.0 Å². The molecule has 5 rings (SSSR count). The molecule has 0 bridgehead atoms. The number of hydrogen-bond acceptors (Lipinski definition) is 5. The minimum atomic E-state index is 0.00478. The van der Waals surface area contributed by atoms with Crippen LogP contribution in [0, 0.1) is 6.92 Å². The molecule has 0 radical (unpaired) electrons. The van der Waals surface area contributed by atoms with Gasteiger partial charge in [-0.25, -0.2) is 4.98 Å². The topological polar surface area (TPSA) is 77.7 Å². The quantitative estimate of drug-likeness (QED) is 0.474. The van der Waals surface area contributed by atoms with Crippen LogP contribution >= 0.6 is 0 Å². The number of benzene rings is 3. The Labute approximate surface area is 192 Å². The minimum Gasteiger partial charge on any atom is -0.493 e. The Hall–Kier alpha value is -4.06. The number of carbonyl (C=O) groups is 1. The van der Waals surface area contributed by atoms with Gasteiger partial charge in [0, 0.05) is 11.6 Å². The molecule has 0 aliphatic carbocycles. The number of nitrogens with two attached hydrogens (primary N) is 1. The van der Waals surface area contributed by atoms with Crippen LogP contribution in [-0.2, 0) is 4.79 Å². The molecule has 0 fully saturated rings. The summed E-state index contributed by atoms with van der Waals surface area (Å²) in [4.78, 5) is 18.9. The summed E-state index contributed by atoms with van der Waals surface area (Å²) in [5.74, 6) is 1.86. The fourth-order valence-corrected chi connectivity index (χ4v) is 4.19. The zero-order valence-corrected chi connectivity index (χ0v) is 18.5. The largest absolute Gasteiger partial charge is 0.493 e. The van der Waals surface area contributed by atoms with E-state index in [1.54, 1.807) is 11.1 Å². The molecule has 6 heteroatoms. The molecule has 1 aromatic heterocycles. The number of pyridine rings is 1. The summed E-state index contributed by atoms with van der Waals surface area (Å²) in [5.41, 5.74) is 10.2. The van der Waals surface area contributed by atoms with Crippen LogP contribution in [0.25, 0.3) is 21.9 Å². The van der Waals surface area contributed by atoms with Gasteiger partial charge in [-0.05, 0) is 59.3 Å². The third kappa shape index (κ3) is 4.20. The number of nitrogen functional groups attached to an aromatic ring is 1. The molecule has 3 aromatic carbocycles. The SMILES string of the molecule is Cc1ccccc1-c1ccc2c(c1)OCCN2C(=O)CCOc1ccc2ccnc(N)c2c1. The molecule has 0 saturated heterocycles. The average Bonchev–Trinajstić information content (AvgIpc) is 2.84. The van der Waals surface area contributed by atoms with Gasteiger partial charge in [-0.1, -0.05) is 36.4 Å². The molecule has 1 aliphatic heterocycles. The van der Waals surface area contributed by atoms with Gasteiger partial charge in [0.1, 0.15) is 23.9 Å². The van der Waals surface area contributed by atoms with Gasteiger partial charge in [0.25, 0.3) is 0 Å². The first-order chi connectivity index (χ1) is 16.1. The highest BCUT2D eigenvalue weighted by atomic mass is 16.5. The maximum Gasteiger partial charge on any atom is 0.230 e. The number of fused-ring (bicyclic) bond motifs is 2. The van der Waals surface area contributed by atoms with Gasteiger partial charge in [0.2, 0.25) is 5.91 Å². The highest BCUT2D eigenvalue weighted by molar-refractivity contribution is 5.96. The van der Waals surface area contributed by atoms with Crippen molar-refractivity contribution < 1.29 is 14.3 Å². The standard InChI is InChI=1S/C27H25N3O3/c1-18-4-2-3-5-22(18)20-7-9-24-25(16-20)33-15-13-30(24)26(31)11-14-32-21-8-6-19-10-12-29-27(28)23(19)17-21/h2-10,12,16-17H,11,13-15H2,1H3,(H2,28,29). The van der Waals surface area contributed by atoms with E-state index in [1.165, 1.54) is 5.56 Å². The van der Waals surface area contributed by atoms with Crippen molar-refractivity contribution in [2.24, 2.45) is 0 Å². The summed E-state index contributed by atoms with van der Waals surface area (Å²) in [7, 11) is 0. The number of carbonyl (C=O) groups excluding carboxylic acids is 1. The first kappa shape index (κ1) is 20.8. The van der Waals surface area contributed by atoms with Gasteiger partial charge in [-0.15, -0.1) is 0 Å². The molecular weight excluding hydrogens is 414 g/mol. The lowest BCUT2D eigenvalue weighted by Crippen LogP contribution is -2.38. The van der Waals surface area contributed by atoms with Crippen LogP contribution in [0.5, 0.6) is 11.5 Å². The summed E-state index contributed by atoms with van der Waals surface area (Å²) < 4.78 is 11.7. The van der Waals surface area contributed by atoms with Crippen LogP contribution in [0.2, 0.25) is 0 Å². The fourth-order valence-electron chi connectivity index (χ4n) is 4.19. The summed E-state index contributed by atoms with van der Waals surface area (Å²) >= 11 is 0. The Morgan fingerprint density at radius 2 is 2.00 bits per heavy atom. The summed E-state index contributed by atoms with van der Waals surface area (Å²) in [5, 5.41) is 1.84. The molecule has 1 amide bonds. The van der Waals surface area contributed by atoms with E-state index >= 15 is 0 Å². The molecule has 2 heterocycles. The Morgan fingerprint density at radius 1 is 1.12 bits per heavy atom. The van der Waals surface area contributed by atoms with Gasteiger partial charge in [-0.2, -0.15) is 0 Å². The molecular formula is C27H25N3O3. The van der Waals surface area contributed by atoms with Crippen LogP contribution in [0.3, 0.4) is 0 Å². The number of aromatic nitrogens is 1. The Morgan fingerprint density at radius 3 is 2.88 bits per heavy atom. The molecule has 0 spiro atoms. The molecule has 6 nitrogen and oxygen atoms in total. The first-order valence-corrected chi connectivity index (χ1v) is 11.0. The van der Waals surface area contributed by atoms with Gasteiger partial charge in [0.15, 0.2) is 0 Å². The lowest BCUT2D eigenvalue weighted by Gasteiger charge is -2.30. The number of aryl methyl sites for hydroxylation is 1. The zero-order valence-electron chi connectivity index (χ0n) is 18.5. The van der Waals surface area contributed by atoms with E-state index in [4.69, 9.17) is 15.2 Å². The van der Waals surface area contributed by atoms with Crippen LogP contribution < -0.4 is 20.1 Å². The molecule has 33 heavy (non-hydrogen) atoms. The van der Waals surface area contributed by atoms with Crippen molar-refractivity contribution in [2.45, 2.75) is 13.3 Å². The van der Waals surface area contributed by atoms with Crippen LogP contribution in [-0.4, -0.2) is 30.6 Å². The predicted octanol–water partition coefficient (Wildman–Crippen LogP) is 4.99. The molecule has 1 aliphatic rings. The fraction of sp³-hybridized carbons (Fsp3) is 0.185. The maximum absolute atomic E-state index is 13.0. The van der Waals surface area contributed by atoms with Crippen molar-refractivity contribution in [1.82, 2.24) is 4.98 Å². The number of nitrogens with zero attached hydrogens (tertiary/aromatic N) is 2. The first-order valence-electron chi connectivity index (χ1n) is 11.0. The lowest BCUT2D eigenvalue weighted by molar-refractivity contribution is -0.119. The zero-order chi connectivity index (χ0) is 22.8. The van der Waals surface area contributed by atoms with Crippen molar-refractivity contribution in [3.8, 4) is 22.6 Å². The second-order valence-electron chi connectivity index (χ2n) is 8.07. The second-order valence-corrected chi connectivity index (χ2v) is 8.07. The molecule has 0 saturated carbocycles. The molecule has 0 atom stereocenters.